The molecule has 6 heteroatoms. The van der Waals surface area contributed by atoms with Crippen LogP contribution in [0.1, 0.15) is 39.2 Å². The van der Waals surface area contributed by atoms with Crippen LogP contribution < -0.4 is 15.1 Å². The van der Waals surface area contributed by atoms with Gasteiger partial charge in [-0.25, -0.2) is 0 Å². The van der Waals surface area contributed by atoms with E-state index >= 15 is 0 Å². The summed E-state index contributed by atoms with van der Waals surface area (Å²) < 4.78 is 0. The highest BCUT2D eigenvalue weighted by Gasteiger charge is 2.35. The van der Waals surface area contributed by atoms with Crippen molar-refractivity contribution in [2.24, 2.45) is 11.8 Å². The van der Waals surface area contributed by atoms with Crippen LogP contribution in [0.25, 0.3) is 0 Å². The van der Waals surface area contributed by atoms with Gasteiger partial charge >= 0.3 is 0 Å². The molecule has 1 atom stereocenters. The van der Waals surface area contributed by atoms with Crippen molar-refractivity contribution in [3.63, 3.8) is 0 Å². The van der Waals surface area contributed by atoms with Gasteiger partial charge in [0, 0.05) is 43.9 Å². The van der Waals surface area contributed by atoms with Crippen LogP contribution in [0.15, 0.2) is 18.2 Å². The van der Waals surface area contributed by atoms with Crippen LogP contribution >= 0.6 is 0 Å². The summed E-state index contributed by atoms with van der Waals surface area (Å²) in [6.07, 6.45) is 1.54. The molecule has 140 valence electrons. The van der Waals surface area contributed by atoms with E-state index in [0.29, 0.717) is 32.0 Å². The standard InChI is InChI=1S/C20H27N3O3/c1-4-18(24)22-8-7-14-9-16(5-6-17(14)22)23-12-15(10-19(23)25)20(26)21-11-13(2)3/h5-6,9,13,15H,4,7-8,10-12H2,1-3H3,(H,21,26)/t15-/m0/s1. The Bertz CT molecular complexity index is 729. The second-order valence-corrected chi connectivity index (χ2v) is 7.51. The summed E-state index contributed by atoms with van der Waals surface area (Å²) in [5.74, 6) is 0.144. The number of nitrogens with zero attached hydrogens (tertiary/aromatic N) is 2. The maximum absolute atomic E-state index is 12.4. The molecule has 3 rings (SSSR count). The van der Waals surface area contributed by atoms with E-state index < -0.39 is 0 Å². The number of anilines is 2. The molecule has 1 N–H and O–H groups in total. The van der Waals surface area contributed by atoms with Gasteiger partial charge in [0.25, 0.3) is 0 Å². The normalized spacial score (nSPS) is 19.2. The third-order valence-corrected chi connectivity index (χ3v) is 5.05. The number of benzene rings is 1. The summed E-state index contributed by atoms with van der Waals surface area (Å²) in [7, 11) is 0. The van der Waals surface area contributed by atoms with E-state index in [1.54, 1.807) is 4.90 Å². The second kappa shape index (κ2) is 7.48. The lowest BCUT2D eigenvalue weighted by molar-refractivity contribution is -0.126. The van der Waals surface area contributed by atoms with Crippen molar-refractivity contribution >= 4 is 29.1 Å². The van der Waals surface area contributed by atoms with Gasteiger partial charge in [-0.05, 0) is 36.1 Å². The predicted molar refractivity (Wildman–Crippen MR) is 101 cm³/mol. The van der Waals surface area contributed by atoms with E-state index in [4.69, 9.17) is 0 Å². The minimum atomic E-state index is -0.298. The molecule has 2 heterocycles. The Morgan fingerprint density at radius 2 is 2.08 bits per heavy atom. The Labute approximate surface area is 154 Å². The zero-order valence-electron chi connectivity index (χ0n) is 15.7. The smallest absolute Gasteiger partial charge is 0.227 e. The first-order valence-corrected chi connectivity index (χ1v) is 9.42. The first-order valence-electron chi connectivity index (χ1n) is 9.42. The van der Waals surface area contributed by atoms with Crippen LogP contribution in [0.4, 0.5) is 11.4 Å². The topological polar surface area (TPSA) is 69.7 Å². The van der Waals surface area contributed by atoms with Gasteiger partial charge in [0.1, 0.15) is 0 Å². The highest BCUT2D eigenvalue weighted by molar-refractivity contribution is 6.01. The van der Waals surface area contributed by atoms with Crippen molar-refractivity contribution in [3.8, 4) is 0 Å². The van der Waals surface area contributed by atoms with Gasteiger partial charge in [-0.3, -0.25) is 14.4 Å². The predicted octanol–water partition coefficient (Wildman–Crippen LogP) is 2.11. The van der Waals surface area contributed by atoms with Crippen LogP contribution in [0, 0.1) is 11.8 Å². The molecular formula is C20H27N3O3. The molecule has 1 aromatic rings. The van der Waals surface area contributed by atoms with Gasteiger partial charge in [0.05, 0.1) is 5.92 Å². The van der Waals surface area contributed by atoms with Crippen LogP contribution in [0.3, 0.4) is 0 Å². The SMILES string of the molecule is CCC(=O)N1CCc2cc(N3C[C@@H](C(=O)NCC(C)C)CC3=O)ccc21. The summed E-state index contributed by atoms with van der Waals surface area (Å²) in [4.78, 5) is 40.2. The fourth-order valence-corrected chi connectivity index (χ4v) is 3.59. The van der Waals surface area contributed by atoms with Crippen molar-refractivity contribution in [3.05, 3.63) is 23.8 Å². The highest BCUT2D eigenvalue weighted by atomic mass is 16.2. The van der Waals surface area contributed by atoms with Crippen molar-refractivity contribution in [1.82, 2.24) is 5.32 Å². The zero-order valence-corrected chi connectivity index (χ0v) is 15.7. The van der Waals surface area contributed by atoms with Crippen molar-refractivity contribution in [2.45, 2.75) is 40.0 Å². The maximum atomic E-state index is 12.4. The van der Waals surface area contributed by atoms with Crippen LogP contribution in [0.5, 0.6) is 0 Å². The largest absolute Gasteiger partial charge is 0.356 e. The lowest BCUT2D eigenvalue weighted by Crippen LogP contribution is -2.35. The lowest BCUT2D eigenvalue weighted by Gasteiger charge is -2.20. The Hall–Kier alpha value is -2.37. The molecule has 2 aliphatic rings. The number of hydrogen-bond acceptors (Lipinski definition) is 3. The first-order chi connectivity index (χ1) is 12.4. The molecule has 0 radical (unpaired) electrons. The molecule has 0 aliphatic carbocycles. The number of hydrogen-bond donors (Lipinski definition) is 1. The molecule has 1 fully saturated rings. The molecule has 0 saturated carbocycles. The Balaban J connectivity index is 1.71. The van der Waals surface area contributed by atoms with E-state index in [1.807, 2.05) is 43.9 Å². The molecule has 0 aromatic heterocycles. The number of fused-ring (bicyclic) bond motifs is 1. The van der Waals surface area contributed by atoms with Crippen LogP contribution in [-0.4, -0.2) is 37.4 Å². The van der Waals surface area contributed by atoms with E-state index in [0.717, 1.165) is 23.4 Å². The van der Waals surface area contributed by atoms with Gasteiger partial charge in [-0.15, -0.1) is 0 Å². The Morgan fingerprint density at radius 1 is 1.31 bits per heavy atom. The van der Waals surface area contributed by atoms with Gasteiger partial charge in [-0.1, -0.05) is 20.8 Å². The minimum absolute atomic E-state index is 0.0193. The third-order valence-electron chi connectivity index (χ3n) is 5.05. The molecule has 0 bridgehead atoms. The fraction of sp³-hybridized carbons (Fsp3) is 0.550. The van der Waals surface area contributed by atoms with E-state index in [1.165, 1.54) is 0 Å². The number of nitrogens with one attached hydrogen (secondary N) is 1. The summed E-state index contributed by atoms with van der Waals surface area (Å²) >= 11 is 0. The fourth-order valence-electron chi connectivity index (χ4n) is 3.59. The molecule has 3 amide bonds. The quantitative estimate of drug-likeness (QED) is 0.877. The molecule has 6 nitrogen and oxygen atoms in total. The second-order valence-electron chi connectivity index (χ2n) is 7.51. The molecule has 26 heavy (non-hydrogen) atoms. The molecule has 1 aromatic carbocycles. The number of carbonyl (C=O) groups is 3. The third kappa shape index (κ3) is 3.59. The van der Waals surface area contributed by atoms with Crippen molar-refractivity contribution < 1.29 is 14.4 Å². The van der Waals surface area contributed by atoms with Crippen LogP contribution in [0.2, 0.25) is 0 Å². The average Bonchev–Trinajstić information content (AvgIpc) is 3.21. The number of amides is 3. The summed E-state index contributed by atoms with van der Waals surface area (Å²) in [6, 6.07) is 5.79. The lowest BCUT2D eigenvalue weighted by atomic mass is 10.1. The van der Waals surface area contributed by atoms with E-state index in [9.17, 15) is 14.4 Å². The highest BCUT2D eigenvalue weighted by Crippen LogP contribution is 2.34. The molecule has 0 unspecified atom stereocenters. The van der Waals surface area contributed by atoms with Gasteiger partial charge in [0.15, 0.2) is 0 Å². The molecule has 1 saturated heterocycles. The zero-order chi connectivity index (χ0) is 18.8. The van der Waals surface area contributed by atoms with Crippen LogP contribution in [-0.2, 0) is 20.8 Å². The van der Waals surface area contributed by atoms with Crippen molar-refractivity contribution in [2.75, 3.05) is 29.4 Å². The van der Waals surface area contributed by atoms with E-state index in [2.05, 4.69) is 5.32 Å². The van der Waals surface area contributed by atoms with Crippen molar-refractivity contribution in [1.29, 1.82) is 0 Å². The molecule has 2 aliphatic heterocycles. The van der Waals surface area contributed by atoms with Gasteiger partial charge < -0.3 is 15.1 Å². The first kappa shape index (κ1) is 18.4. The summed E-state index contributed by atoms with van der Waals surface area (Å²) in [5.41, 5.74) is 2.85. The maximum Gasteiger partial charge on any atom is 0.227 e. The number of rotatable bonds is 5. The van der Waals surface area contributed by atoms with E-state index in [-0.39, 0.29) is 30.1 Å². The molecule has 0 spiro atoms. The Kier molecular flexibility index (Phi) is 5.30. The van der Waals surface area contributed by atoms with Gasteiger partial charge in [0.2, 0.25) is 17.7 Å². The Morgan fingerprint density at radius 3 is 2.77 bits per heavy atom. The van der Waals surface area contributed by atoms with Gasteiger partial charge in [-0.2, -0.15) is 0 Å². The number of carbonyl (C=O) groups excluding carboxylic acids is 3. The summed E-state index contributed by atoms with van der Waals surface area (Å²) in [6.45, 7) is 7.69. The summed E-state index contributed by atoms with van der Waals surface area (Å²) in [5, 5.41) is 2.92. The average molecular weight is 357 g/mol. The minimum Gasteiger partial charge on any atom is -0.356 e. The monoisotopic (exact) mass is 357 g/mol. The molecular weight excluding hydrogens is 330 g/mol.